The number of rotatable bonds is 2. The van der Waals surface area contributed by atoms with Crippen molar-refractivity contribution in [2.24, 2.45) is 7.05 Å². The van der Waals surface area contributed by atoms with E-state index in [1.54, 1.807) is 19.2 Å². The molecule has 1 unspecified atom stereocenters. The molecule has 0 bridgehead atoms. The monoisotopic (exact) mass is 380 g/mol. The van der Waals surface area contributed by atoms with Crippen molar-refractivity contribution in [2.45, 2.75) is 26.5 Å². The van der Waals surface area contributed by atoms with Gasteiger partial charge in [0.25, 0.3) is 5.91 Å². The number of hydrogen-bond acceptors (Lipinski definition) is 4. The van der Waals surface area contributed by atoms with Gasteiger partial charge in [-0.05, 0) is 44.2 Å². The number of aromatic nitrogens is 1. The van der Waals surface area contributed by atoms with Gasteiger partial charge in [0.15, 0.2) is 0 Å². The molecule has 0 fully saturated rings. The van der Waals surface area contributed by atoms with Gasteiger partial charge < -0.3 is 24.0 Å². The summed E-state index contributed by atoms with van der Waals surface area (Å²) in [4.78, 5) is 15.4. The summed E-state index contributed by atoms with van der Waals surface area (Å²) in [5.41, 5.74) is 3.36. The summed E-state index contributed by atoms with van der Waals surface area (Å²) in [6, 6.07) is 10.8. The Morgan fingerprint density at radius 1 is 1.25 bits per heavy atom. The Kier molecular flexibility index (Phi) is 4.41. The second-order valence-electron chi connectivity index (χ2n) is 7.31. The minimum Gasteiger partial charge on any atom is -0.508 e. The zero-order valence-corrected chi connectivity index (χ0v) is 16.5. The van der Waals surface area contributed by atoms with Crippen molar-refractivity contribution in [1.82, 2.24) is 9.47 Å². The van der Waals surface area contributed by atoms with Crippen LogP contribution in [0.25, 0.3) is 10.9 Å². The molecule has 2 heterocycles. The lowest BCUT2D eigenvalue weighted by molar-refractivity contribution is 0.0691. The van der Waals surface area contributed by atoms with Crippen LogP contribution in [-0.2, 0) is 13.6 Å². The van der Waals surface area contributed by atoms with Crippen LogP contribution < -0.4 is 9.47 Å². The highest BCUT2D eigenvalue weighted by Crippen LogP contribution is 2.33. The molecule has 1 aliphatic heterocycles. The Labute approximate surface area is 163 Å². The van der Waals surface area contributed by atoms with Crippen molar-refractivity contribution >= 4 is 16.8 Å². The Morgan fingerprint density at radius 3 is 2.79 bits per heavy atom. The fraction of sp³-hybridized carbons (Fsp3) is 0.318. The van der Waals surface area contributed by atoms with Gasteiger partial charge in [0.2, 0.25) is 0 Å². The van der Waals surface area contributed by atoms with E-state index in [0.717, 1.165) is 33.7 Å². The number of phenolic OH excluding ortho intramolecular Hbond substituents is 1. The maximum Gasteiger partial charge on any atom is 0.256 e. The number of carbonyl (C=O) groups is 1. The van der Waals surface area contributed by atoms with Crippen molar-refractivity contribution in [2.75, 3.05) is 13.7 Å². The summed E-state index contributed by atoms with van der Waals surface area (Å²) in [7, 11) is 3.55. The summed E-state index contributed by atoms with van der Waals surface area (Å²) in [5, 5.41) is 10.7. The molecular weight excluding hydrogens is 356 g/mol. The molecule has 0 saturated heterocycles. The lowest BCUT2D eigenvalue weighted by atomic mass is 10.1. The number of ether oxygens (including phenoxy) is 2. The van der Waals surface area contributed by atoms with Gasteiger partial charge in [0.05, 0.1) is 19.2 Å². The number of carbonyl (C=O) groups excluding carboxylic acids is 1. The van der Waals surface area contributed by atoms with Crippen LogP contribution in [-0.4, -0.2) is 40.2 Å². The van der Waals surface area contributed by atoms with Crippen LogP contribution in [0.4, 0.5) is 0 Å². The van der Waals surface area contributed by atoms with Crippen LogP contribution in [0.2, 0.25) is 0 Å². The van der Waals surface area contributed by atoms with E-state index in [9.17, 15) is 9.90 Å². The molecule has 1 atom stereocenters. The highest BCUT2D eigenvalue weighted by molar-refractivity contribution is 6.08. The zero-order chi connectivity index (χ0) is 20.0. The number of aromatic hydroxyl groups is 1. The van der Waals surface area contributed by atoms with E-state index in [-0.39, 0.29) is 17.8 Å². The number of nitrogens with zero attached hydrogens (tertiary/aromatic N) is 2. The predicted molar refractivity (Wildman–Crippen MR) is 107 cm³/mol. The summed E-state index contributed by atoms with van der Waals surface area (Å²) >= 11 is 0. The van der Waals surface area contributed by atoms with Crippen molar-refractivity contribution in [3.05, 3.63) is 53.2 Å². The second-order valence-corrected chi connectivity index (χ2v) is 7.31. The summed E-state index contributed by atoms with van der Waals surface area (Å²) in [6.45, 7) is 4.82. The van der Waals surface area contributed by atoms with Crippen LogP contribution in [0.1, 0.15) is 28.5 Å². The molecule has 28 heavy (non-hydrogen) atoms. The molecule has 6 heteroatoms. The molecule has 4 rings (SSSR count). The standard InChI is InChI=1S/C22H24N2O4/c1-13-11-24(12-15-5-7-17(27-4)10-20(15)28-13)22(26)21-14(2)23(3)19-8-6-16(25)9-18(19)21/h5-10,13,25H,11-12H2,1-4H3. The molecule has 3 aromatic rings. The minimum absolute atomic E-state index is 0.0622. The fourth-order valence-electron chi connectivity index (χ4n) is 3.88. The van der Waals surface area contributed by atoms with Crippen molar-refractivity contribution in [3.63, 3.8) is 0 Å². The third-order valence-electron chi connectivity index (χ3n) is 5.42. The lowest BCUT2D eigenvalue weighted by Gasteiger charge is -2.22. The Balaban J connectivity index is 1.76. The largest absolute Gasteiger partial charge is 0.508 e. The van der Waals surface area contributed by atoms with E-state index >= 15 is 0 Å². The van der Waals surface area contributed by atoms with Gasteiger partial charge in [-0.2, -0.15) is 0 Å². The highest BCUT2D eigenvalue weighted by atomic mass is 16.5. The van der Waals surface area contributed by atoms with Gasteiger partial charge >= 0.3 is 0 Å². The maximum atomic E-state index is 13.5. The molecule has 0 aliphatic carbocycles. The van der Waals surface area contributed by atoms with E-state index in [2.05, 4.69) is 0 Å². The number of amides is 1. The van der Waals surface area contributed by atoms with Crippen LogP contribution in [0, 0.1) is 6.92 Å². The van der Waals surface area contributed by atoms with E-state index in [1.807, 2.05) is 54.6 Å². The first-order chi connectivity index (χ1) is 13.4. The van der Waals surface area contributed by atoms with E-state index in [0.29, 0.717) is 18.7 Å². The molecule has 0 spiro atoms. The van der Waals surface area contributed by atoms with E-state index in [1.165, 1.54) is 0 Å². The Morgan fingerprint density at radius 2 is 2.04 bits per heavy atom. The van der Waals surface area contributed by atoms with Crippen LogP contribution >= 0.6 is 0 Å². The summed E-state index contributed by atoms with van der Waals surface area (Å²) in [6.07, 6.45) is -0.152. The van der Waals surface area contributed by atoms with E-state index in [4.69, 9.17) is 9.47 Å². The van der Waals surface area contributed by atoms with Crippen molar-refractivity contribution in [1.29, 1.82) is 0 Å². The van der Waals surface area contributed by atoms with E-state index < -0.39 is 0 Å². The molecule has 146 valence electrons. The number of hydrogen-bond donors (Lipinski definition) is 1. The average Bonchev–Trinajstić information content (AvgIpc) is 2.81. The first kappa shape index (κ1) is 18.2. The molecule has 0 saturated carbocycles. The molecule has 1 aliphatic rings. The summed E-state index contributed by atoms with van der Waals surface area (Å²) < 4.78 is 13.3. The molecule has 1 N–H and O–H groups in total. The SMILES string of the molecule is COc1ccc2c(c1)OC(C)CN(C(=O)c1c(C)n(C)c3ccc(O)cc13)C2. The quantitative estimate of drug-likeness (QED) is 0.737. The smallest absolute Gasteiger partial charge is 0.256 e. The molecule has 2 aromatic carbocycles. The highest BCUT2D eigenvalue weighted by Gasteiger charge is 2.28. The summed E-state index contributed by atoms with van der Waals surface area (Å²) in [5.74, 6) is 1.56. The topological polar surface area (TPSA) is 63.9 Å². The molecule has 6 nitrogen and oxygen atoms in total. The number of fused-ring (bicyclic) bond motifs is 2. The molecule has 0 radical (unpaired) electrons. The Bertz CT molecular complexity index is 1070. The normalized spacial score (nSPS) is 16.4. The second kappa shape index (κ2) is 6.78. The fourth-order valence-corrected chi connectivity index (χ4v) is 3.88. The number of benzene rings is 2. The molecule has 1 amide bonds. The van der Waals surface area contributed by atoms with Gasteiger partial charge in [-0.15, -0.1) is 0 Å². The third kappa shape index (κ3) is 2.95. The van der Waals surface area contributed by atoms with Gasteiger partial charge in [-0.3, -0.25) is 4.79 Å². The average molecular weight is 380 g/mol. The maximum absolute atomic E-state index is 13.5. The lowest BCUT2D eigenvalue weighted by Crippen LogP contribution is -2.36. The first-order valence-electron chi connectivity index (χ1n) is 9.30. The predicted octanol–water partition coefficient (Wildman–Crippen LogP) is 3.62. The third-order valence-corrected chi connectivity index (χ3v) is 5.42. The number of phenols is 1. The number of methoxy groups -OCH3 is 1. The van der Waals surface area contributed by atoms with Crippen molar-refractivity contribution < 1.29 is 19.4 Å². The zero-order valence-electron chi connectivity index (χ0n) is 16.5. The molecular formula is C22H24N2O4. The van der Waals surface area contributed by atoms with Gasteiger partial charge in [0.1, 0.15) is 23.4 Å². The van der Waals surface area contributed by atoms with Gasteiger partial charge in [-0.1, -0.05) is 0 Å². The molecule has 1 aromatic heterocycles. The van der Waals surface area contributed by atoms with Crippen LogP contribution in [0.15, 0.2) is 36.4 Å². The van der Waals surface area contributed by atoms with Crippen LogP contribution in [0.5, 0.6) is 17.2 Å². The van der Waals surface area contributed by atoms with Gasteiger partial charge in [0, 0.05) is 41.8 Å². The van der Waals surface area contributed by atoms with Gasteiger partial charge in [-0.25, -0.2) is 0 Å². The van der Waals surface area contributed by atoms with Crippen molar-refractivity contribution in [3.8, 4) is 17.2 Å². The van der Waals surface area contributed by atoms with Crippen LogP contribution in [0.3, 0.4) is 0 Å². The number of aryl methyl sites for hydroxylation is 1. The first-order valence-corrected chi connectivity index (χ1v) is 9.30. The Hall–Kier alpha value is -3.15. The minimum atomic E-state index is -0.152.